The Kier molecular flexibility index (Phi) is 23.2. The average Bonchev–Trinajstić information content (AvgIpc) is 2.91. The van der Waals surface area contributed by atoms with Crippen molar-refractivity contribution < 1.29 is 67.0 Å². The maximum Gasteiger partial charge on any atom is 0.433 e. The van der Waals surface area contributed by atoms with Crippen molar-refractivity contribution in [3.05, 3.63) is 12.5 Å². The van der Waals surface area contributed by atoms with Gasteiger partial charge in [0.05, 0.1) is 26.1 Å². The first kappa shape index (κ1) is 35.1. The summed E-state index contributed by atoms with van der Waals surface area (Å²) in [5.74, 6) is 0. The third-order valence-electron chi connectivity index (χ3n) is 3.66. The number of hydroxylamine groups is 1. The van der Waals surface area contributed by atoms with Crippen LogP contribution in [-0.4, -0.2) is 96.5 Å². The predicted octanol–water partition coefficient (Wildman–Crippen LogP) is 0.578. The Hall–Kier alpha value is -3.87. The molecule has 0 aromatic heterocycles. The Balaban J connectivity index is 4.14. The van der Waals surface area contributed by atoms with Gasteiger partial charge in [0, 0.05) is 19.2 Å². The molecule has 0 saturated heterocycles. The lowest BCUT2D eigenvalue weighted by molar-refractivity contribution is -0.329. The largest absolute Gasteiger partial charge is 0.497 e. The van der Waals surface area contributed by atoms with Crippen LogP contribution in [0, 0.1) is 0 Å². The van der Waals surface area contributed by atoms with Gasteiger partial charge in [-0.3, -0.25) is 16.0 Å². The van der Waals surface area contributed by atoms with Gasteiger partial charge in [-0.1, -0.05) is 0 Å². The number of amides is 4. The fraction of sp³-hybridized carbons (Fsp3) is 0.667. The van der Waals surface area contributed by atoms with Gasteiger partial charge < -0.3 is 38.0 Å². The molecule has 1 unspecified atom stereocenters. The number of nitrogens with one attached hydrogen (secondary N) is 4. The standard InChI is InChI=1S/C21H36N4O14/c1-3-33-19(28)23-15-32-12-11-31-10-7-22-18(27)36-13-17(35-9-6-5-8-26)14-37-21(30)25-39-38-16-24-20(29)34-4-2/h7-8,10,17H,3-6,9,11-16H2,1-2H3,(H,22,27)(H,23,28)(H,24,29)(H,25,30)/b10-7+. The minimum atomic E-state index is -1.06. The second kappa shape index (κ2) is 25.8. The van der Waals surface area contributed by atoms with E-state index in [4.69, 9.17) is 23.7 Å². The molecule has 39 heavy (non-hydrogen) atoms. The number of hydrogen-bond acceptors (Lipinski definition) is 14. The molecule has 0 aromatic carbocycles. The van der Waals surface area contributed by atoms with Crippen LogP contribution in [0.2, 0.25) is 0 Å². The summed E-state index contributed by atoms with van der Waals surface area (Å²) in [5, 5.41) is 6.82. The molecule has 0 aliphatic heterocycles. The van der Waals surface area contributed by atoms with Crippen LogP contribution < -0.4 is 21.4 Å². The molecule has 0 saturated carbocycles. The van der Waals surface area contributed by atoms with Crippen LogP contribution in [0.4, 0.5) is 19.2 Å². The molecule has 0 aliphatic rings. The molecule has 0 rings (SSSR count). The van der Waals surface area contributed by atoms with Crippen molar-refractivity contribution in [2.45, 2.75) is 32.8 Å². The van der Waals surface area contributed by atoms with Gasteiger partial charge in [0.25, 0.3) is 0 Å². The molecule has 0 bridgehead atoms. The highest BCUT2D eigenvalue weighted by molar-refractivity contribution is 5.68. The van der Waals surface area contributed by atoms with Crippen molar-refractivity contribution in [2.75, 3.05) is 59.7 Å². The molecule has 0 aromatic rings. The van der Waals surface area contributed by atoms with Crippen molar-refractivity contribution in [2.24, 2.45) is 0 Å². The van der Waals surface area contributed by atoms with Crippen LogP contribution in [0.15, 0.2) is 12.5 Å². The number of hydrogen-bond donors (Lipinski definition) is 4. The first-order chi connectivity index (χ1) is 18.9. The number of rotatable bonds is 22. The SMILES string of the molecule is CCOC(=O)NCOCCO/C=C/NC(=O)OCC(COC(=O)NOOCNC(=O)OCC)OCCCC=O. The van der Waals surface area contributed by atoms with Crippen LogP contribution in [0.3, 0.4) is 0 Å². The molecule has 18 nitrogen and oxygen atoms in total. The molecule has 0 aliphatic carbocycles. The normalized spacial score (nSPS) is 11.1. The van der Waals surface area contributed by atoms with E-state index in [9.17, 15) is 24.0 Å². The second-order valence-electron chi connectivity index (χ2n) is 6.61. The van der Waals surface area contributed by atoms with Crippen LogP contribution >= 0.6 is 0 Å². The first-order valence-electron chi connectivity index (χ1n) is 11.8. The quantitative estimate of drug-likeness (QED) is 0.0267. The van der Waals surface area contributed by atoms with E-state index in [-0.39, 0.29) is 59.4 Å². The van der Waals surface area contributed by atoms with Crippen LogP contribution in [0.1, 0.15) is 26.7 Å². The summed E-state index contributed by atoms with van der Waals surface area (Å²) in [4.78, 5) is 64.9. The highest BCUT2D eigenvalue weighted by atomic mass is 17.3. The van der Waals surface area contributed by atoms with E-state index in [1.54, 1.807) is 19.3 Å². The zero-order valence-electron chi connectivity index (χ0n) is 21.8. The van der Waals surface area contributed by atoms with Crippen LogP contribution in [0.25, 0.3) is 0 Å². The van der Waals surface area contributed by atoms with Gasteiger partial charge in [0.15, 0.2) is 6.73 Å². The molecule has 18 heteroatoms. The highest BCUT2D eigenvalue weighted by Crippen LogP contribution is 1.99. The van der Waals surface area contributed by atoms with Gasteiger partial charge in [-0.15, -0.1) is 4.99 Å². The van der Waals surface area contributed by atoms with Crippen molar-refractivity contribution in [1.82, 2.24) is 21.4 Å². The minimum Gasteiger partial charge on any atom is -0.497 e. The topological polar surface area (TPSA) is 217 Å². The van der Waals surface area contributed by atoms with E-state index < -0.39 is 37.2 Å². The highest BCUT2D eigenvalue weighted by Gasteiger charge is 2.16. The second-order valence-corrected chi connectivity index (χ2v) is 6.61. The van der Waals surface area contributed by atoms with E-state index in [0.29, 0.717) is 6.42 Å². The van der Waals surface area contributed by atoms with Crippen molar-refractivity contribution in [1.29, 1.82) is 0 Å². The molecular weight excluding hydrogens is 532 g/mol. The lowest BCUT2D eigenvalue weighted by Gasteiger charge is -2.17. The Morgan fingerprint density at radius 3 is 2.13 bits per heavy atom. The summed E-state index contributed by atoms with van der Waals surface area (Å²) in [6.07, 6.45) is -0.335. The van der Waals surface area contributed by atoms with E-state index in [1.807, 2.05) is 0 Å². The van der Waals surface area contributed by atoms with Crippen molar-refractivity contribution >= 4 is 30.7 Å². The molecule has 4 N–H and O–H groups in total. The summed E-state index contributed by atoms with van der Waals surface area (Å²) < 4.78 is 34.8. The molecular formula is C21H36N4O14. The third-order valence-corrected chi connectivity index (χ3v) is 3.66. The van der Waals surface area contributed by atoms with E-state index in [2.05, 4.69) is 35.3 Å². The summed E-state index contributed by atoms with van der Waals surface area (Å²) in [6.45, 7) is 3.08. The van der Waals surface area contributed by atoms with Crippen LogP contribution in [-0.2, 0) is 47.8 Å². The Morgan fingerprint density at radius 1 is 0.795 bits per heavy atom. The number of carbonyl (C=O) groups excluding carboxylic acids is 5. The average molecular weight is 569 g/mol. The monoisotopic (exact) mass is 568 g/mol. The lowest BCUT2D eigenvalue weighted by Crippen LogP contribution is -2.34. The fourth-order valence-electron chi connectivity index (χ4n) is 2.02. The Bertz CT molecular complexity index is 725. The van der Waals surface area contributed by atoms with Gasteiger partial charge in [-0.25, -0.2) is 19.2 Å². The first-order valence-corrected chi connectivity index (χ1v) is 11.8. The van der Waals surface area contributed by atoms with E-state index in [1.165, 1.54) is 12.5 Å². The zero-order chi connectivity index (χ0) is 29.0. The molecule has 0 radical (unpaired) electrons. The molecule has 4 amide bonds. The molecule has 0 spiro atoms. The maximum atomic E-state index is 11.8. The zero-order valence-corrected chi connectivity index (χ0v) is 21.8. The van der Waals surface area contributed by atoms with Gasteiger partial charge >= 0.3 is 24.4 Å². The number of carbonyl (C=O) groups is 5. The number of ether oxygens (including phenoxy) is 7. The molecule has 224 valence electrons. The smallest absolute Gasteiger partial charge is 0.433 e. The maximum absolute atomic E-state index is 11.8. The fourth-order valence-corrected chi connectivity index (χ4v) is 2.02. The Morgan fingerprint density at radius 2 is 1.46 bits per heavy atom. The number of alkyl carbamates (subject to hydrolysis) is 3. The predicted molar refractivity (Wildman–Crippen MR) is 127 cm³/mol. The molecule has 0 fully saturated rings. The summed E-state index contributed by atoms with van der Waals surface area (Å²) in [7, 11) is 0. The van der Waals surface area contributed by atoms with E-state index in [0.717, 1.165) is 6.29 Å². The molecule has 0 heterocycles. The minimum absolute atomic E-state index is 0.0460. The van der Waals surface area contributed by atoms with Gasteiger partial charge in [0.2, 0.25) is 0 Å². The number of unbranched alkanes of at least 4 members (excludes halogenated alkanes) is 1. The Labute approximate surface area is 224 Å². The lowest BCUT2D eigenvalue weighted by atomic mass is 10.3. The van der Waals surface area contributed by atoms with Gasteiger partial charge in [-0.2, -0.15) is 10.4 Å². The number of aldehydes is 1. The third kappa shape index (κ3) is 24.2. The van der Waals surface area contributed by atoms with Crippen molar-refractivity contribution in [3.63, 3.8) is 0 Å². The van der Waals surface area contributed by atoms with E-state index >= 15 is 0 Å². The molecule has 1 atom stereocenters. The van der Waals surface area contributed by atoms with Crippen molar-refractivity contribution in [3.8, 4) is 0 Å². The van der Waals surface area contributed by atoms with Gasteiger partial charge in [-0.05, 0) is 20.3 Å². The summed E-state index contributed by atoms with van der Waals surface area (Å²) >= 11 is 0. The van der Waals surface area contributed by atoms with Crippen LogP contribution in [0.5, 0.6) is 0 Å². The summed E-state index contributed by atoms with van der Waals surface area (Å²) in [6, 6.07) is 0. The summed E-state index contributed by atoms with van der Waals surface area (Å²) in [5.41, 5.74) is 1.80. The van der Waals surface area contributed by atoms with Gasteiger partial charge in [0.1, 0.15) is 38.9 Å².